The monoisotopic (exact) mass is 208 g/mol. The van der Waals surface area contributed by atoms with Crippen molar-refractivity contribution >= 4 is 6.03 Å². The van der Waals surface area contributed by atoms with Gasteiger partial charge in [-0.15, -0.1) is 0 Å². The van der Waals surface area contributed by atoms with Crippen LogP contribution in [-0.2, 0) is 0 Å². The molecular weight excluding hydrogens is 192 g/mol. The third kappa shape index (κ3) is 3.88. The first-order chi connectivity index (χ1) is 6.71. The molecule has 0 aliphatic rings. The van der Waals surface area contributed by atoms with E-state index < -0.39 is 26.2 Å². The third-order valence-electron chi connectivity index (χ3n) is 1.64. The number of rotatable bonds is 6. The summed E-state index contributed by atoms with van der Waals surface area (Å²) in [4.78, 5) is 13.1. The molecule has 0 bridgehead atoms. The Hall–Kier alpha value is -0.890. The van der Waals surface area contributed by atoms with Gasteiger partial charge in [0.15, 0.2) is 0 Å². The van der Waals surface area contributed by atoms with Gasteiger partial charge in [-0.05, 0) is 6.42 Å². The fourth-order valence-electron chi connectivity index (χ4n) is 0.854. The quantitative estimate of drug-likeness (QED) is 0.376. The summed E-state index contributed by atoms with van der Waals surface area (Å²) in [6.45, 7) is -1.68. The summed E-state index contributed by atoms with van der Waals surface area (Å²) >= 11 is 0. The van der Waals surface area contributed by atoms with Gasteiger partial charge in [0.25, 0.3) is 0 Å². The molecule has 7 heteroatoms. The lowest BCUT2D eigenvalue weighted by Gasteiger charge is -2.26. The Labute approximate surface area is 81.8 Å². The van der Waals surface area contributed by atoms with Crippen molar-refractivity contribution in [2.75, 3.05) is 33.3 Å². The highest BCUT2D eigenvalue weighted by atomic mass is 16.3. The zero-order valence-corrected chi connectivity index (χ0v) is 7.83. The molecule has 0 aromatic rings. The summed E-state index contributed by atoms with van der Waals surface area (Å²) in [6.07, 6.45) is 0.330. The fourth-order valence-corrected chi connectivity index (χ4v) is 0.854. The van der Waals surface area contributed by atoms with Crippen LogP contribution >= 0.6 is 0 Å². The molecule has 14 heavy (non-hydrogen) atoms. The van der Waals surface area contributed by atoms with E-state index in [1.807, 2.05) is 0 Å². The molecule has 0 saturated carbocycles. The van der Waals surface area contributed by atoms with Gasteiger partial charge in [0, 0.05) is 13.2 Å². The van der Waals surface area contributed by atoms with E-state index in [0.717, 1.165) is 9.80 Å². The molecule has 0 spiro atoms. The second-order valence-corrected chi connectivity index (χ2v) is 2.59. The van der Waals surface area contributed by atoms with Crippen LogP contribution in [0.5, 0.6) is 0 Å². The first-order valence-corrected chi connectivity index (χ1v) is 4.18. The maximum absolute atomic E-state index is 11.3. The average molecular weight is 208 g/mol. The van der Waals surface area contributed by atoms with Crippen molar-refractivity contribution in [2.45, 2.75) is 6.42 Å². The predicted molar refractivity (Wildman–Crippen MR) is 46.9 cm³/mol. The standard InChI is InChI=1S/C7H16N2O5/c10-3-1-2-8(4-11)7(14)9(5-12)6-13/h10-13H,1-6H2. The number of urea groups is 1. The summed E-state index contributed by atoms with van der Waals surface area (Å²) in [5.41, 5.74) is 0. The SMILES string of the molecule is O=C(N(CO)CO)N(CO)CCCO. The number of carbonyl (C=O) groups is 1. The molecule has 7 nitrogen and oxygen atoms in total. The number of aliphatic hydroxyl groups excluding tert-OH is 4. The summed E-state index contributed by atoms with van der Waals surface area (Å²) in [6, 6.07) is -0.675. The molecule has 0 radical (unpaired) electrons. The van der Waals surface area contributed by atoms with Crippen molar-refractivity contribution < 1.29 is 25.2 Å². The number of carbonyl (C=O) groups excluding carboxylic acids is 1. The molecule has 0 saturated heterocycles. The highest BCUT2D eigenvalue weighted by Gasteiger charge is 2.18. The summed E-state index contributed by atoms with van der Waals surface area (Å²) in [5, 5.41) is 34.6. The Kier molecular flexibility index (Phi) is 7.03. The van der Waals surface area contributed by atoms with E-state index in [-0.39, 0.29) is 13.2 Å². The molecule has 0 aliphatic heterocycles. The molecule has 0 aromatic heterocycles. The largest absolute Gasteiger partial charge is 0.396 e. The van der Waals surface area contributed by atoms with Crippen LogP contribution in [0.1, 0.15) is 6.42 Å². The predicted octanol–water partition coefficient (Wildman–Crippen LogP) is -2.06. The van der Waals surface area contributed by atoms with Crippen LogP contribution in [0.15, 0.2) is 0 Å². The lowest BCUT2D eigenvalue weighted by atomic mass is 10.4. The second-order valence-electron chi connectivity index (χ2n) is 2.59. The van der Waals surface area contributed by atoms with Gasteiger partial charge in [0.05, 0.1) is 0 Å². The van der Waals surface area contributed by atoms with Gasteiger partial charge in [0.1, 0.15) is 20.2 Å². The highest BCUT2D eigenvalue weighted by Crippen LogP contribution is 1.98. The van der Waals surface area contributed by atoms with Crippen LogP contribution in [0, 0.1) is 0 Å². The van der Waals surface area contributed by atoms with Crippen molar-refractivity contribution in [2.24, 2.45) is 0 Å². The normalized spacial score (nSPS) is 10.0. The number of nitrogens with zero attached hydrogens (tertiary/aromatic N) is 2. The molecule has 0 unspecified atom stereocenters. The number of amides is 2. The van der Waals surface area contributed by atoms with Crippen LogP contribution in [0.3, 0.4) is 0 Å². The van der Waals surface area contributed by atoms with Gasteiger partial charge in [-0.25, -0.2) is 4.79 Å². The summed E-state index contributed by atoms with van der Waals surface area (Å²) in [7, 11) is 0. The molecular formula is C7H16N2O5. The van der Waals surface area contributed by atoms with Crippen LogP contribution < -0.4 is 0 Å². The molecule has 0 fully saturated rings. The molecule has 0 aromatic carbocycles. The maximum atomic E-state index is 11.3. The van der Waals surface area contributed by atoms with Crippen molar-refractivity contribution in [3.05, 3.63) is 0 Å². The fraction of sp³-hybridized carbons (Fsp3) is 0.857. The molecule has 2 amide bonds. The topological polar surface area (TPSA) is 104 Å². The van der Waals surface area contributed by atoms with Gasteiger partial charge in [-0.3, -0.25) is 4.90 Å². The van der Waals surface area contributed by atoms with Crippen molar-refractivity contribution in [3.63, 3.8) is 0 Å². The Balaban J connectivity index is 4.13. The van der Waals surface area contributed by atoms with E-state index in [1.54, 1.807) is 0 Å². The average Bonchev–Trinajstić information content (AvgIpc) is 2.21. The smallest absolute Gasteiger partial charge is 0.325 e. The Morgan fingerprint density at radius 2 is 1.43 bits per heavy atom. The number of hydrogen-bond acceptors (Lipinski definition) is 5. The first-order valence-electron chi connectivity index (χ1n) is 4.18. The Morgan fingerprint density at radius 1 is 0.929 bits per heavy atom. The lowest BCUT2D eigenvalue weighted by molar-refractivity contribution is 0.0249. The van der Waals surface area contributed by atoms with E-state index in [4.69, 9.17) is 20.4 Å². The number of hydrogen-bond donors (Lipinski definition) is 4. The minimum absolute atomic E-state index is 0.0952. The van der Waals surface area contributed by atoms with Crippen LogP contribution in [-0.4, -0.2) is 69.6 Å². The van der Waals surface area contributed by atoms with E-state index in [9.17, 15) is 4.79 Å². The van der Waals surface area contributed by atoms with Gasteiger partial charge < -0.3 is 25.3 Å². The molecule has 4 N–H and O–H groups in total. The zero-order valence-electron chi connectivity index (χ0n) is 7.83. The van der Waals surface area contributed by atoms with Gasteiger partial charge in [-0.1, -0.05) is 0 Å². The van der Waals surface area contributed by atoms with Crippen LogP contribution in [0.2, 0.25) is 0 Å². The minimum atomic E-state index is -0.675. The maximum Gasteiger partial charge on any atom is 0.325 e. The van der Waals surface area contributed by atoms with E-state index in [1.165, 1.54) is 0 Å². The van der Waals surface area contributed by atoms with Crippen molar-refractivity contribution in [1.29, 1.82) is 0 Å². The highest BCUT2D eigenvalue weighted by molar-refractivity contribution is 5.73. The van der Waals surface area contributed by atoms with Gasteiger partial charge in [-0.2, -0.15) is 0 Å². The second kappa shape index (κ2) is 7.51. The van der Waals surface area contributed by atoms with Gasteiger partial charge in [0.2, 0.25) is 0 Å². The molecule has 0 aliphatic carbocycles. The van der Waals surface area contributed by atoms with Gasteiger partial charge >= 0.3 is 6.03 Å². The Morgan fingerprint density at radius 3 is 1.79 bits per heavy atom. The van der Waals surface area contributed by atoms with E-state index >= 15 is 0 Å². The molecule has 0 atom stereocenters. The first kappa shape index (κ1) is 13.1. The third-order valence-corrected chi connectivity index (χ3v) is 1.64. The minimum Gasteiger partial charge on any atom is -0.396 e. The van der Waals surface area contributed by atoms with E-state index in [0.29, 0.717) is 6.42 Å². The summed E-state index contributed by atoms with van der Waals surface area (Å²) < 4.78 is 0. The van der Waals surface area contributed by atoms with Crippen molar-refractivity contribution in [1.82, 2.24) is 9.80 Å². The van der Waals surface area contributed by atoms with Crippen LogP contribution in [0.25, 0.3) is 0 Å². The molecule has 0 rings (SSSR count). The molecule has 0 heterocycles. The zero-order chi connectivity index (χ0) is 11.0. The Bertz CT molecular complexity index is 162. The lowest BCUT2D eigenvalue weighted by Crippen LogP contribution is -2.45. The van der Waals surface area contributed by atoms with E-state index in [2.05, 4.69) is 0 Å². The summed E-state index contributed by atoms with van der Waals surface area (Å²) in [5.74, 6) is 0. The molecule has 84 valence electrons. The van der Waals surface area contributed by atoms with Crippen LogP contribution in [0.4, 0.5) is 4.79 Å². The number of aliphatic hydroxyl groups is 4. The van der Waals surface area contributed by atoms with Crippen molar-refractivity contribution in [3.8, 4) is 0 Å².